The van der Waals surface area contributed by atoms with E-state index in [1.165, 1.54) is 6.07 Å². The third-order valence-corrected chi connectivity index (χ3v) is 3.59. The number of hydrogen-bond donors (Lipinski definition) is 1. The van der Waals surface area contributed by atoms with Crippen molar-refractivity contribution in [1.82, 2.24) is 0 Å². The summed E-state index contributed by atoms with van der Waals surface area (Å²) in [5, 5.41) is 2.13. The van der Waals surface area contributed by atoms with E-state index in [9.17, 15) is 22.8 Å². The number of esters is 1. The van der Waals surface area contributed by atoms with Crippen LogP contribution in [0, 0.1) is 5.41 Å². The van der Waals surface area contributed by atoms with E-state index in [-0.39, 0.29) is 5.69 Å². The number of alkyl halides is 3. The number of hydrogen-bond acceptors (Lipinski definition) is 3. The van der Waals surface area contributed by atoms with E-state index in [1.54, 1.807) is 0 Å². The maximum Gasteiger partial charge on any atom is 0.419 e. The minimum Gasteiger partial charge on any atom is -0.376 e. The van der Waals surface area contributed by atoms with E-state index < -0.39 is 29.2 Å². The predicted octanol–water partition coefficient (Wildman–Crippen LogP) is 3.97. The molecule has 7 heteroatoms. The topological polar surface area (TPSA) is 55.4 Å². The third-order valence-electron chi connectivity index (χ3n) is 3.59. The lowest BCUT2D eigenvalue weighted by atomic mass is 10.1. The molecule has 0 saturated heterocycles. The summed E-state index contributed by atoms with van der Waals surface area (Å²) in [5.74, 6) is -0.630. The number of rotatable bonds is 3. The van der Waals surface area contributed by atoms with Crippen LogP contribution in [0.2, 0.25) is 0 Å². The number of amides is 1. The van der Waals surface area contributed by atoms with Crippen LogP contribution in [0.25, 0.3) is 0 Å². The standard InChI is InChI=1S/C14H14F3NO3/c1-2-13(6-7-13)11(19)21-12(20)18-10-5-3-4-9(8-10)14(15,16)17/h3-5,8H,2,6-7H2,1H3,(H,18,20). The SMILES string of the molecule is CCC1(C(=O)OC(=O)Nc2cccc(C(F)(F)F)c2)CC1. The van der Waals surface area contributed by atoms with E-state index in [4.69, 9.17) is 0 Å². The third kappa shape index (κ3) is 3.53. The number of carbonyl (C=O) groups excluding carboxylic acids is 2. The second-order valence-corrected chi connectivity index (χ2v) is 5.01. The Labute approximate surface area is 119 Å². The molecule has 4 nitrogen and oxygen atoms in total. The molecule has 0 unspecified atom stereocenters. The second kappa shape index (κ2) is 5.38. The number of carbonyl (C=O) groups is 2. The maximum atomic E-state index is 12.5. The zero-order valence-electron chi connectivity index (χ0n) is 11.3. The molecule has 1 fully saturated rings. The summed E-state index contributed by atoms with van der Waals surface area (Å²) in [5.41, 5.74) is -1.56. The van der Waals surface area contributed by atoms with Gasteiger partial charge in [0.2, 0.25) is 0 Å². The summed E-state index contributed by atoms with van der Waals surface area (Å²) >= 11 is 0. The van der Waals surface area contributed by atoms with Crippen LogP contribution in [-0.4, -0.2) is 12.1 Å². The van der Waals surface area contributed by atoms with Crippen LogP contribution < -0.4 is 5.32 Å². The molecule has 0 spiro atoms. The number of ether oxygens (including phenoxy) is 1. The quantitative estimate of drug-likeness (QED) is 0.679. The maximum absolute atomic E-state index is 12.5. The van der Waals surface area contributed by atoms with Crippen LogP contribution in [0.3, 0.4) is 0 Å². The second-order valence-electron chi connectivity index (χ2n) is 5.01. The van der Waals surface area contributed by atoms with Gasteiger partial charge in [-0.1, -0.05) is 13.0 Å². The van der Waals surface area contributed by atoms with Crippen molar-refractivity contribution in [2.45, 2.75) is 32.4 Å². The molecule has 0 radical (unpaired) electrons. The minimum atomic E-state index is -4.50. The van der Waals surface area contributed by atoms with Gasteiger partial charge in [-0.2, -0.15) is 13.2 Å². The molecule has 1 aliphatic rings. The highest BCUT2D eigenvalue weighted by atomic mass is 19.4. The van der Waals surface area contributed by atoms with Gasteiger partial charge in [0, 0.05) is 5.69 Å². The fourth-order valence-corrected chi connectivity index (χ4v) is 1.96. The molecular weight excluding hydrogens is 287 g/mol. The summed E-state index contributed by atoms with van der Waals surface area (Å²) < 4.78 is 42.2. The molecule has 21 heavy (non-hydrogen) atoms. The summed E-state index contributed by atoms with van der Waals surface area (Å²) in [6.07, 6.45) is -3.67. The van der Waals surface area contributed by atoms with Gasteiger partial charge in [-0.15, -0.1) is 0 Å². The normalized spacial score (nSPS) is 16.2. The first kappa shape index (κ1) is 15.3. The van der Waals surface area contributed by atoms with Gasteiger partial charge in [0.1, 0.15) is 0 Å². The highest BCUT2D eigenvalue weighted by molar-refractivity contribution is 5.95. The predicted molar refractivity (Wildman–Crippen MR) is 68.5 cm³/mol. The molecule has 0 heterocycles. The molecule has 0 aliphatic heterocycles. The zero-order chi connectivity index (χ0) is 15.7. The molecule has 1 N–H and O–H groups in total. The zero-order valence-corrected chi connectivity index (χ0v) is 11.3. The molecule has 1 aliphatic carbocycles. The first-order valence-electron chi connectivity index (χ1n) is 6.47. The largest absolute Gasteiger partial charge is 0.419 e. The van der Waals surface area contributed by atoms with E-state index in [1.807, 2.05) is 6.92 Å². The fraction of sp³-hybridized carbons (Fsp3) is 0.429. The van der Waals surface area contributed by atoms with E-state index in [0.717, 1.165) is 18.2 Å². The number of benzene rings is 1. The lowest BCUT2D eigenvalue weighted by Gasteiger charge is -2.12. The summed E-state index contributed by atoms with van der Waals surface area (Å²) in [4.78, 5) is 23.3. The molecule has 1 aromatic rings. The van der Waals surface area contributed by atoms with Crippen molar-refractivity contribution in [3.8, 4) is 0 Å². The lowest BCUT2D eigenvalue weighted by molar-refractivity contribution is -0.143. The van der Waals surface area contributed by atoms with Crippen molar-refractivity contribution in [3.63, 3.8) is 0 Å². The van der Waals surface area contributed by atoms with Gasteiger partial charge < -0.3 is 4.74 Å². The Kier molecular flexibility index (Phi) is 3.93. The van der Waals surface area contributed by atoms with Gasteiger partial charge in [-0.05, 0) is 37.5 Å². The Morgan fingerprint density at radius 3 is 2.52 bits per heavy atom. The Hall–Kier alpha value is -2.05. The Balaban J connectivity index is 1.99. The van der Waals surface area contributed by atoms with Crippen LogP contribution in [0.4, 0.5) is 23.7 Å². The number of nitrogens with one attached hydrogen (secondary N) is 1. The summed E-state index contributed by atoms with van der Waals surface area (Å²) in [6, 6.07) is 4.11. The Morgan fingerprint density at radius 1 is 1.33 bits per heavy atom. The van der Waals surface area contributed by atoms with Gasteiger partial charge >= 0.3 is 18.2 Å². The summed E-state index contributed by atoms with van der Waals surface area (Å²) in [7, 11) is 0. The molecule has 114 valence electrons. The van der Waals surface area contributed by atoms with Crippen molar-refractivity contribution >= 4 is 17.7 Å². The minimum absolute atomic E-state index is 0.0797. The highest BCUT2D eigenvalue weighted by Crippen LogP contribution is 2.49. The van der Waals surface area contributed by atoms with E-state index >= 15 is 0 Å². The van der Waals surface area contributed by atoms with Crippen LogP contribution in [0.1, 0.15) is 31.7 Å². The molecule has 0 atom stereocenters. The average molecular weight is 301 g/mol. The van der Waals surface area contributed by atoms with Crippen molar-refractivity contribution < 1.29 is 27.5 Å². The summed E-state index contributed by atoms with van der Waals surface area (Å²) in [6.45, 7) is 1.82. The van der Waals surface area contributed by atoms with Gasteiger partial charge in [0.05, 0.1) is 11.0 Å². The van der Waals surface area contributed by atoms with Gasteiger partial charge in [0.15, 0.2) is 0 Å². The first-order chi connectivity index (χ1) is 9.77. The smallest absolute Gasteiger partial charge is 0.376 e. The van der Waals surface area contributed by atoms with Gasteiger partial charge in [-0.3, -0.25) is 10.1 Å². The molecule has 1 saturated carbocycles. The highest BCUT2D eigenvalue weighted by Gasteiger charge is 2.50. The molecule has 2 rings (SSSR count). The van der Waals surface area contributed by atoms with Crippen LogP contribution >= 0.6 is 0 Å². The Morgan fingerprint density at radius 2 is 2.00 bits per heavy atom. The van der Waals surface area contributed by atoms with Crippen molar-refractivity contribution in [3.05, 3.63) is 29.8 Å². The molecular formula is C14H14F3NO3. The van der Waals surface area contributed by atoms with E-state index in [2.05, 4.69) is 10.1 Å². The molecule has 0 bridgehead atoms. The van der Waals surface area contributed by atoms with Gasteiger partial charge in [-0.25, -0.2) is 4.79 Å². The van der Waals surface area contributed by atoms with Crippen LogP contribution in [0.15, 0.2) is 24.3 Å². The van der Waals surface area contributed by atoms with Crippen molar-refractivity contribution in [2.24, 2.45) is 5.41 Å². The molecule has 0 aromatic heterocycles. The fourth-order valence-electron chi connectivity index (χ4n) is 1.96. The number of anilines is 1. The van der Waals surface area contributed by atoms with E-state index in [0.29, 0.717) is 19.3 Å². The molecule has 1 amide bonds. The van der Waals surface area contributed by atoms with Crippen LogP contribution in [-0.2, 0) is 15.7 Å². The van der Waals surface area contributed by atoms with Crippen LogP contribution in [0.5, 0.6) is 0 Å². The Bertz CT molecular complexity index is 565. The average Bonchev–Trinajstić information content (AvgIpc) is 3.18. The first-order valence-corrected chi connectivity index (χ1v) is 6.47. The molecule has 1 aromatic carbocycles. The van der Waals surface area contributed by atoms with Crippen molar-refractivity contribution in [2.75, 3.05) is 5.32 Å². The lowest BCUT2D eigenvalue weighted by Crippen LogP contribution is -2.25. The monoisotopic (exact) mass is 301 g/mol. The van der Waals surface area contributed by atoms with Crippen molar-refractivity contribution in [1.29, 1.82) is 0 Å². The van der Waals surface area contributed by atoms with Gasteiger partial charge in [0.25, 0.3) is 0 Å². The number of halogens is 3.